The van der Waals surface area contributed by atoms with E-state index >= 15 is 0 Å². The quantitative estimate of drug-likeness (QED) is 0.0621. The number of hydrogen-bond donors (Lipinski definition) is 5. The number of nitrogens with one attached hydrogen (secondary N) is 5. The molecule has 5 N–H and O–H groups in total. The minimum absolute atomic E-state index is 0.00557. The molecule has 4 atom stereocenters. The Morgan fingerprint density at radius 1 is 0.817 bits per heavy atom. The van der Waals surface area contributed by atoms with E-state index in [4.69, 9.17) is 28.4 Å². The Morgan fingerprint density at radius 2 is 1.45 bits per heavy atom. The van der Waals surface area contributed by atoms with Gasteiger partial charge in [0.25, 0.3) is 11.8 Å². The van der Waals surface area contributed by atoms with Gasteiger partial charge in [-0.05, 0) is 104 Å². The fourth-order valence-corrected chi connectivity index (χ4v) is 9.05. The van der Waals surface area contributed by atoms with Crippen molar-refractivity contribution in [3.8, 4) is 5.75 Å². The fourth-order valence-electron chi connectivity index (χ4n) is 9.05. The zero-order chi connectivity index (χ0) is 51.9. The molecule has 3 fully saturated rings. The molecule has 0 unspecified atom stereocenters. The van der Waals surface area contributed by atoms with Crippen molar-refractivity contribution in [3.63, 3.8) is 0 Å². The SMILES string of the molecule is COc1c([C@H]2[C@H](C(=O)Nc3ccnc(C(=O)NCCOCCNC(=O)C4CCC(NC(=O)CCCOC5CCC(OCCNC(=O)OC(C)(C)C)CC5)CC4)c3)O[C@@](C)(C(F)(F)F)[C@H]2C)ccc(F)c1F. The molecule has 2 aromatic rings. The molecule has 71 heavy (non-hydrogen) atoms. The summed E-state index contributed by atoms with van der Waals surface area (Å²) in [4.78, 5) is 67.7. The van der Waals surface area contributed by atoms with Crippen LogP contribution in [0.25, 0.3) is 0 Å². The molecule has 1 aromatic heterocycles. The topological polar surface area (TPSA) is 214 Å². The van der Waals surface area contributed by atoms with Gasteiger partial charge in [0.1, 0.15) is 17.4 Å². The first-order valence-electron chi connectivity index (χ1n) is 24.3. The first kappa shape index (κ1) is 56.7. The zero-order valence-corrected chi connectivity index (χ0v) is 41.3. The Kier molecular flexibility index (Phi) is 20.7. The minimum Gasteiger partial charge on any atom is -0.493 e. The maximum atomic E-state index is 14.7. The Balaban J connectivity index is 0.917. The molecule has 1 aromatic carbocycles. The van der Waals surface area contributed by atoms with E-state index < -0.39 is 70.6 Å². The molecule has 1 aliphatic heterocycles. The van der Waals surface area contributed by atoms with E-state index in [2.05, 4.69) is 31.6 Å². The van der Waals surface area contributed by atoms with Crippen LogP contribution in [-0.4, -0.2) is 130 Å². The van der Waals surface area contributed by atoms with Crippen molar-refractivity contribution in [1.82, 2.24) is 26.3 Å². The van der Waals surface area contributed by atoms with Gasteiger partial charge in [-0.25, -0.2) is 9.18 Å². The molecular weight excluding hydrogens is 944 g/mol. The highest BCUT2D eigenvalue weighted by atomic mass is 19.4. The lowest BCUT2D eigenvalue weighted by Gasteiger charge is -2.32. The number of anilines is 1. The Labute approximate surface area is 411 Å². The molecule has 0 spiro atoms. The van der Waals surface area contributed by atoms with Crippen LogP contribution in [-0.2, 0) is 38.1 Å². The van der Waals surface area contributed by atoms with Crippen LogP contribution in [0.5, 0.6) is 5.75 Å². The fraction of sp³-hybridized carbons (Fsp3) is 0.673. The van der Waals surface area contributed by atoms with Crippen LogP contribution in [0.2, 0.25) is 0 Å². The number of methoxy groups -OCH3 is 1. The second-order valence-electron chi connectivity index (χ2n) is 19.3. The van der Waals surface area contributed by atoms with Gasteiger partial charge in [-0.2, -0.15) is 17.6 Å². The number of hydrogen-bond acceptors (Lipinski definition) is 12. The van der Waals surface area contributed by atoms with E-state index in [1.54, 1.807) is 0 Å². The van der Waals surface area contributed by atoms with Gasteiger partial charge in [0.2, 0.25) is 17.6 Å². The van der Waals surface area contributed by atoms with Crippen molar-refractivity contribution >= 4 is 35.4 Å². The van der Waals surface area contributed by atoms with Crippen molar-refractivity contribution in [2.75, 3.05) is 58.5 Å². The predicted octanol–water partition coefficient (Wildman–Crippen LogP) is 6.63. The molecule has 5 amide bonds. The number of amides is 5. The van der Waals surface area contributed by atoms with E-state index in [0.717, 1.165) is 51.8 Å². The van der Waals surface area contributed by atoms with Crippen LogP contribution in [0.3, 0.4) is 0 Å². The van der Waals surface area contributed by atoms with E-state index in [9.17, 15) is 45.9 Å². The molecule has 1 saturated heterocycles. The normalized spacial score (nSPS) is 24.6. The van der Waals surface area contributed by atoms with Gasteiger partial charge < -0.3 is 55.0 Å². The monoisotopic (exact) mass is 1010 g/mol. The van der Waals surface area contributed by atoms with Gasteiger partial charge in [-0.1, -0.05) is 13.0 Å². The van der Waals surface area contributed by atoms with Crippen LogP contribution in [0.4, 0.5) is 32.4 Å². The highest BCUT2D eigenvalue weighted by molar-refractivity contribution is 5.98. The standard InChI is InChI=1S/C49H69F5N6O11/c1-29-39(35-17-18-36(50)40(51)41(35)66-6)42(70-48(29,5)49(52,53)54)45(64)60-32-19-20-55-37(28-32)44(63)57-22-26-67-25-21-56-43(62)30-9-11-31(12-10-30)59-38(61)8-7-24-68-33-13-15-34(16-14-33)69-27-23-58-46(65)71-47(2,3)4/h17-20,28-31,33-34,39,42H,7-16,21-27H2,1-6H3,(H,56,62)(H,57,63)(H,58,65)(H,59,61)(H,55,60,64)/t29-,30?,31?,33?,34?,39-,42+,48+/m0/s1. The highest BCUT2D eigenvalue weighted by Crippen LogP contribution is 2.55. The van der Waals surface area contributed by atoms with Gasteiger partial charge in [-0.15, -0.1) is 0 Å². The molecule has 0 bridgehead atoms. The maximum Gasteiger partial charge on any atom is 0.417 e. The smallest absolute Gasteiger partial charge is 0.417 e. The van der Waals surface area contributed by atoms with Crippen LogP contribution in [0.15, 0.2) is 30.5 Å². The van der Waals surface area contributed by atoms with Gasteiger partial charge in [-0.3, -0.25) is 24.2 Å². The zero-order valence-electron chi connectivity index (χ0n) is 41.3. The third-order valence-electron chi connectivity index (χ3n) is 13.0. The largest absolute Gasteiger partial charge is 0.493 e. The Hall–Kier alpha value is -5.19. The summed E-state index contributed by atoms with van der Waals surface area (Å²) >= 11 is 0. The summed E-state index contributed by atoms with van der Waals surface area (Å²) in [5.41, 5.74) is -3.71. The maximum absolute atomic E-state index is 14.7. The lowest BCUT2D eigenvalue weighted by Crippen LogP contribution is -2.47. The summed E-state index contributed by atoms with van der Waals surface area (Å²) in [5, 5.41) is 13.7. The molecule has 0 radical (unpaired) electrons. The summed E-state index contributed by atoms with van der Waals surface area (Å²) in [6.45, 7) is 9.27. The van der Waals surface area contributed by atoms with Gasteiger partial charge in [0.05, 0.1) is 39.1 Å². The van der Waals surface area contributed by atoms with Crippen LogP contribution < -0.4 is 31.3 Å². The van der Waals surface area contributed by atoms with Crippen LogP contribution >= 0.6 is 0 Å². The summed E-state index contributed by atoms with van der Waals surface area (Å²) in [7, 11) is 1.03. The number of pyridine rings is 1. The van der Waals surface area contributed by atoms with E-state index in [1.807, 2.05) is 20.8 Å². The molecule has 2 saturated carbocycles. The molecule has 2 aliphatic carbocycles. The Morgan fingerprint density at radius 3 is 2.08 bits per heavy atom. The molecule has 2 heterocycles. The number of aromatic nitrogens is 1. The molecule has 17 nitrogen and oxygen atoms in total. The van der Waals surface area contributed by atoms with Crippen LogP contribution in [0.1, 0.15) is 121 Å². The molecule has 3 aliphatic rings. The van der Waals surface area contributed by atoms with Crippen molar-refractivity contribution in [3.05, 3.63) is 53.4 Å². The first-order valence-corrected chi connectivity index (χ1v) is 24.3. The number of ether oxygens (including phenoxy) is 6. The minimum atomic E-state index is -4.94. The summed E-state index contributed by atoms with van der Waals surface area (Å²) in [6, 6.07) is 4.32. The number of halogens is 5. The van der Waals surface area contributed by atoms with Crippen molar-refractivity contribution in [1.29, 1.82) is 0 Å². The molecular formula is C49H69F5N6O11. The second-order valence-corrected chi connectivity index (χ2v) is 19.3. The number of benzene rings is 1. The first-order chi connectivity index (χ1) is 33.6. The van der Waals surface area contributed by atoms with Crippen molar-refractivity contribution in [2.45, 2.75) is 146 Å². The number of carbonyl (C=O) groups is 5. The number of carbonyl (C=O) groups excluding carboxylic acids is 5. The number of nitrogens with zero attached hydrogens (tertiary/aromatic N) is 1. The van der Waals surface area contributed by atoms with E-state index in [0.29, 0.717) is 58.3 Å². The van der Waals surface area contributed by atoms with Crippen molar-refractivity contribution in [2.24, 2.45) is 11.8 Å². The third kappa shape index (κ3) is 16.4. The molecule has 5 rings (SSSR count). The summed E-state index contributed by atoms with van der Waals surface area (Å²) in [6.07, 6.45) is 1.35. The third-order valence-corrected chi connectivity index (χ3v) is 13.0. The van der Waals surface area contributed by atoms with Crippen molar-refractivity contribution < 1.29 is 74.3 Å². The lowest BCUT2D eigenvalue weighted by atomic mass is 9.77. The average molecular weight is 1010 g/mol. The van der Waals surface area contributed by atoms with Gasteiger partial charge >= 0.3 is 12.3 Å². The van der Waals surface area contributed by atoms with Gasteiger partial charge in [0.15, 0.2) is 17.2 Å². The second kappa shape index (κ2) is 26.0. The number of alkyl halides is 3. The number of alkyl carbamates (subject to hydrolysis) is 1. The molecule has 22 heteroatoms. The Bertz CT molecular complexity index is 2110. The summed E-state index contributed by atoms with van der Waals surface area (Å²) in [5.74, 6) is -8.23. The summed E-state index contributed by atoms with van der Waals surface area (Å²) < 4.78 is 105. The van der Waals surface area contributed by atoms with Crippen LogP contribution in [0, 0.1) is 23.5 Å². The average Bonchev–Trinajstić information content (AvgIpc) is 3.60. The lowest BCUT2D eigenvalue weighted by molar-refractivity contribution is -0.272. The molecule has 396 valence electrons. The van der Waals surface area contributed by atoms with E-state index in [1.165, 1.54) is 25.3 Å². The van der Waals surface area contributed by atoms with Gasteiger partial charge in [0, 0.05) is 73.9 Å². The number of rotatable bonds is 22. The predicted molar refractivity (Wildman–Crippen MR) is 248 cm³/mol. The van der Waals surface area contributed by atoms with E-state index in [-0.39, 0.29) is 79.2 Å². The highest BCUT2D eigenvalue weighted by Gasteiger charge is 2.66.